The van der Waals surface area contributed by atoms with Gasteiger partial charge in [0.15, 0.2) is 22.6 Å². The fourth-order valence-corrected chi connectivity index (χ4v) is 4.61. The molecule has 2 aromatic carbocycles. The van der Waals surface area contributed by atoms with E-state index in [1.54, 1.807) is 6.07 Å². The molecule has 1 aromatic heterocycles. The second kappa shape index (κ2) is 8.26. The molecule has 3 aromatic rings. The molecule has 0 aliphatic carbocycles. The number of pyridine rings is 1. The van der Waals surface area contributed by atoms with Crippen LogP contribution in [0.4, 0.5) is 22.0 Å². The lowest BCUT2D eigenvalue weighted by Crippen LogP contribution is -2.46. The number of aromatic amines is 1. The van der Waals surface area contributed by atoms with Crippen molar-refractivity contribution in [1.82, 2.24) is 4.98 Å². The van der Waals surface area contributed by atoms with Crippen molar-refractivity contribution >= 4 is 10.9 Å². The van der Waals surface area contributed by atoms with Gasteiger partial charge in [0, 0.05) is 40.6 Å². The summed E-state index contributed by atoms with van der Waals surface area (Å²) in [6.07, 6.45) is -6.13. The van der Waals surface area contributed by atoms with E-state index in [2.05, 4.69) is 4.98 Å². The Morgan fingerprint density at radius 3 is 2.38 bits per heavy atom. The van der Waals surface area contributed by atoms with Crippen molar-refractivity contribution in [3.63, 3.8) is 0 Å². The van der Waals surface area contributed by atoms with Gasteiger partial charge in [0.2, 0.25) is 5.82 Å². The van der Waals surface area contributed by atoms with Gasteiger partial charge < -0.3 is 19.2 Å². The molecule has 0 amide bonds. The van der Waals surface area contributed by atoms with Crippen molar-refractivity contribution in [2.45, 2.75) is 37.6 Å². The van der Waals surface area contributed by atoms with Crippen molar-refractivity contribution in [2.75, 3.05) is 14.2 Å². The molecule has 34 heavy (non-hydrogen) atoms. The Bertz CT molecular complexity index is 1300. The van der Waals surface area contributed by atoms with E-state index in [-0.39, 0.29) is 11.3 Å². The first kappa shape index (κ1) is 24.0. The number of alkyl halides is 3. The van der Waals surface area contributed by atoms with Crippen LogP contribution in [0.3, 0.4) is 0 Å². The number of benzene rings is 2. The van der Waals surface area contributed by atoms with Crippen molar-refractivity contribution in [1.29, 1.82) is 0 Å². The molecule has 5 nitrogen and oxygen atoms in total. The predicted molar refractivity (Wildman–Crippen MR) is 114 cm³/mol. The minimum absolute atomic E-state index is 0.00142. The Hall–Kier alpha value is -3.14. The fraction of sp³-hybridized carbons (Fsp3) is 0.375. The topological polar surface area (TPSA) is 60.6 Å². The normalized spacial score (nSPS) is 25.0. The van der Waals surface area contributed by atoms with Crippen LogP contribution in [0.1, 0.15) is 37.1 Å². The number of rotatable bonds is 4. The Labute approximate surface area is 191 Å². The number of hydrogen-bond donors (Lipinski definition) is 1. The molecule has 0 saturated carbocycles. The van der Waals surface area contributed by atoms with Crippen LogP contribution < -0.4 is 14.9 Å². The SMILES string of the molecule is COc1ccc2c(=O)cc([C@@H]3O[C@@](C)(C(F)(F)F)[C@@H](C)[C@H]3c3ccc(F)c(F)c3OC)[nH]c2c1. The number of fused-ring (bicyclic) bond motifs is 1. The first-order chi connectivity index (χ1) is 15.9. The molecule has 4 atom stereocenters. The first-order valence-corrected chi connectivity index (χ1v) is 10.4. The van der Waals surface area contributed by atoms with Crippen LogP contribution >= 0.6 is 0 Å². The molecule has 0 bridgehead atoms. The summed E-state index contributed by atoms with van der Waals surface area (Å²) in [7, 11) is 2.54. The molecular weight excluding hydrogens is 461 g/mol. The summed E-state index contributed by atoms with van der Waals surface area (Å²) < 4.78 is 86.7. The Morgan fingerprint density at radius 1 is 1.06 bits per heavy atom. The predicted octanol–water partition coefficient (Wildman–Crippen LogP) is 5.64. The van der Waals surface area contributed by atoms with Crippen molar-refractivity contribution < 1.29 is 36.2 Å². The average Bonchev–Trinajstić information content (AvgIpc) is 3.07. The third kappa shape index (κ3) is 3.60. The lowest BCUT2D eigenvalue weighted by Gasteiger charge is -2.32. The lowest BCUT2D eigenvalue weighted by molar-refractivity contribution is -0.275. The van der Waals surface area contributed by atoms with Crippen molar-refractivity contribution in [3.05, 3.63) is 69.5 Å². The molecule has 1 N–H and O–H groups in total. The third-order valence-corrected chi connectivity index (χ3v) is 6.68. The van der Waals surface area contributed by atoms with Gasteiger partial charge in [-0.3, -0.25) is 4.79 Å². The zero-order valence-corrected chi connectivity index (χ0v) is 18.7. The molecule has 0 unspecified atom stereocenters. The number of hydrogen-bond acceptors (Lipinski definition) is 4. The maximum absolute atomic E-state index is 14.5. The molecule has 1 aliphatic rings. The van der Waals surface area contributed by atoms with E-state index in [0.717, 1.165) is 26.2 Å². The van der Waals surface area contributed by atoms with E-state index in [1.165, 1.54) is 32.2 Å². The standard InChI is InChI=1S/C24H22F5NO4/c1-11-19(14-7-8-15(25)20(26)21(14)33-4)22(34-23(11,2)24(27,28)29)17-10-18(31)13-6-5-12(32-3)9-16(13)30-17/h5-11,19,22H,1-4H3,(H,30,31)/t11-,19-,22-,23+/m0/s1. The van der Waals surface area contributed by atoms with E-state index in [1.807, 2.05) is 0 Å². The van der Waals surface area contributed by atoms with Crippen LogP contribution in [0.5, 0.6) is 11.5 Å². The number of aromatic nitrogens is 1. The van der Waals surface area contributed by atoms with Crippen LogP contribution in [0, 0.1) is 17.6 Å². The number of methoxy groups -OCH3 is 2. The quantitative estimate of drug-likeness (QED) is 0.489. The van der Waals surface area contributed by atoms with Gasteiger partial charge in [0.25, 0.3) is 0 Å². The number of nitrogens with one attached hydrogen (secondary N) is 1. The van der Waals surface area contributed by atoms with Crippen molar-refractivity contribution in [3.8, 4) is 11.5 Å². The molecular formula is C24H22F5NO4. The van der Waals surface area contributed by atoms with E-state index < -0.39 is 52.5 Å². The summed E-state index contributed by atoms with van der Waals surface area (Å²) in [5, 5.41) is 0.302. The van der Waals surface area contributed by atoms with Crippen LogP contribution in [0.15, 0.2) is 41.2 Å². The number of halogens is 5. The molecule has 1 saturated heterocycles. The molecule has 10 heteroatoms. The summed E-state index contributed by atoms with van der Waals surface area (Å²) >= 11 is 0. The van der Waals surface area contributed by atoms with Crippen LogP contribution in [-0.4, -0.2) is 31.0 Å². The highest BCUT2D eigenvalue weighted by Gasteiger charge is 2.65. The van der Waals surface area contributed by atoms with Gasteiger partial charge >= 0.3 is 6.18 Å². The van der Waals surface area contributed by atoms with E-state index in [0.29, 0.717) is 16.7 Å². The molecule has 1 fully saturated rings. The lowest BCUT2D eigenvalue weighted by atomic mass is 9.76. The van der Waals surface area contributed by atoms with Crippen LogP contribution in [0.2, 0.25) is 0 Å². The van der Waals surface area contributed by atoms with Crippen LogP contribution in [-0.2, 0) is 4.74 Å². The highest BCUT2D eigenvalue weighted by Crippen LogP contribution is 2.59. The van der Waals surface area contributed by atoms with Crippen LogP contribution in [0.25, 0.3) is 10.9 Å². The highest BCUT2D eigenvalue weighted by atomic mass is 19.4. The van der Waals surface area contributed by atoms with Gasteiger partial charge in [0.1, 0.15) is 11.9 Å². The zero-order chi connectivity index (χ0) is 25.0. The van der Waals surface area contributed by atoms with Gasteiger partial charge in [-0.15, -0.1) is 0 Å². The summed E-state index contributed by atoms with van der Waals surface area (Å²) in [5.41, 5.74) is -2.70. The number of ether oxygens (including phenoxy) is 3. The minimum Gasteiger partial charge on any atom is -0.497 e. The van der Waals surface area contributed by atoms with Gasteiger partial charge in [-0.25, -0.2) is 4.39 Å². The average molecular weight is 483 g/mol. The first-order valence-electron chi connectivity index (χ1n) is 10.4. The van der Waals surface area contributed by atoms with Gasteiger partial charge in [-0.05, 0) is 25.1 Å². The molecule has 182 valence electrons. The fourth-order valence-electron chi connectivity index (χ4n) is 4.61. The summed E-state index contributed by atoms with van der Waals surface area (Å²) in [6.45, 7) is 2.22. The monoisotopic (exact) mass is 483 g/mol. The Kier molecular flexibility index (Phi) is 5.83. The maximum atomic E-state index is 14.5. The van der Waals surface area contributed by atoms with E-state index in [9.17, 15) is 26.7 Å². The number of H-pyrrole nitrogens is 1. The van der Waals surface area contributed by atoms with E-state index in [4.69, 9.17) is 14.2 Å². The molecule has 2 heterocycles. The van der Waals surface area contributed by atoms with E-state index >= 15 is 0 Å². The third-order valence-electron chi connectivity index (χ3n) is 6.68. The second-order valence-electron chi connectivity index (χ2n) is 8.44. The molecule has 1 aliphatic heterocycles. The van der Waals surface area contributed by atoms with Gasteiger partial charge in [-0.1, -0.05) is 13.0 Å². The highest BCUT2D eigenvalue weighted by molar-refractivity contribution is 5.80. The summed E-state index contributed by atoms with van der Waals surface area (Å²) in [4.78, 5) is 15.8. The molecule has 0 radical (unpaired) electrons. The molecule has 0 spiro atoms. The second-order valence-corrected chi connectivity index (χ2v) is 8.44. The Morgan fingerprint density at radius 2 is 1.76 bits per heavy atom. The zero-order valence-electron chi connectivity index (χ0n) is 18.7. The summed E-state index contributed by atoms with van der Waals surface area (Å²) in [5.74, 6) is -4.98. The van der Waals surface area contributed by atoms with Gasteiger partial charge in [-0.2, -0.15) is 17.6 Å². The summed E-state index contributed by atoms with van der Waals surface area (Å²) in [6, 6.07) is 7.82. The minimum atomic E-state index is -4.79. The molecule has 4 rings (SSSR count). The maximum Gasteiger partial charge on any atom is 0.417 e. The Balaban J connectivity index is 1.96. The van der Waals surface area contributed by atoms with Crippen molar-refractivity contribution in [2.24, 2.45) is 5.92 Å². The van der Waals surface area contributed by atoms with Gasteiger partial charge in [0.05, 0.1) is 19.7 Å². The smallest absolute Gasteiger partial charge is 0.417 e. The largest absolute Gasteiger partial charge is 0.497 e.